The normalized spacial score (nSPS) is 11.3. The Balaban J connectivity index is 2.87. The van der Waals surface area contributed by atoms with Gasteiger partial charge in [-0.15, -0.1) is 0 Å². The topological polar surface area (TPSA) is 58.6 Å². The highest BCUT2D eigenvalue weighted by atomic mass is 16.5. The van der Waals surface area contributed by atoms with Gasteiger partial charge in [0.05, 0.1) is 18.2 Å². The molecule has 0 spiro atoms. The van der Waals surface area contributed by atoms with Crippen molar-refractivity contribution in [3.63, 3.8) is 0 Å². The van der Waals surface area contributed by atoms with Crippen LogP contribution in [0.25, 0.3) is 0 Å². The second-order valence-corrected chi connectivity index (χ2v) is 4.04. The predicted octanol–water partition coefficient (Wildman–Crippen LogP) is 1.19. The van der Waals surface area contributed by atoms with Crippen LogP contribution in [0.2, 0.25) is 0 Å². The number of benzene rings is 1. The van der Waals surface area contributed by atoms with E-state index in [0.717, 1.165) is 6.42 Å². The molecule has 0 aliphatic rings. The van der Waals surface area contributed by atoms with E-state index in [4.69, 9.17) is 9.84 Å². The van der Waals surface area contributed by atoms with Crippen LogP contribution in [0.3, 0.4) is 0 Å². The van der Waals surface area contributed by atoms with Crippen molar-refractivity contribution in [3.05, 3.63) is 35.4 Å². The van der Waals surface area contributed by atoms with Crippen LogP contribution in [0.1, 0.15) is 29.3 Å². The molecule has 2 N–H and O–H groups in total. The Labute approximate surface area is 113 Å². The van der Waals surface area contributed by atoms with Gasteiger partial charge < -0.3 is 15.2 Å². The van der Waals surface area contributed by atoms with E-state index < -0.39 is 0 Å². The number of ether oxygens (including phenoxy) is 1. The lowest BCUT2D eigenvalue weighted by Crippen LogP contribution is -2.37. The second kappa shape index (κ2) is 8.30. The Morgan fingerprint density at radius 3 is 2.84 bits per heavy atom. The van der Waals surface area contributed by atoms with Gasteiger partial charge in [0.25, 0.3) is 5.91 Å². The molecule has 4 nitrogen and oxygen atoms in total. The van der Waals surface area contributed by atoms with Crippen LogP contribution in [0.15, 0.2) is 24.3 Å². The number of carbonyl (C=O) groups excluding carboxylic acids is 1. The Kier molecular flexibility index (Phi) is 6.65. The van der Waals surface area contributed by atoms with Gasteiger partial charge in [0.1, 0.15) is 6.61 Å². The fraction of sp³-hybridized carbons (Fsp3) is 0.400. The molecule has 0 heterocycles. The maximum atomic E-state index is 12.2. The van der Waals surface area contributed by atoms with E-state index in [1.807, 2.05) is 13.0 Å². The van der Waals surface area contributed by atoms with Gasteiger partial charge in [0, 0.05) is 12.7 Å². The molecule has 0 radical (unpaired) electrons. The lowest BCUT2D eigenvalue weighted by molar-refractivity contribution is 0.0894. The summed E-state index contributed by atoms with van der Waals surface area (Å²) in [6.07, 6.45) is 0.796. The van der Waals surface area contributed by atoms with Crippen molar-refractivity contribution in [2.24, 2.45) is 0 Å². The Hall–Kier alpha value is -1.83. The van der Waals surface area contributed by atoms with Crippen LogP contribution in [0.4, 0.5) is 0 Å². The van der Waals surface area contributed by atoms with Crippen molar-refractivity contribution in [2.45, 2.75) is 19.4 Å². The number of rotatable bonds is 5. The highest BCUT2D eigenvalue weighted by Crippen LogP contribution is 2.08. The highest BCUT2D eigenvalue weighted by molar-refractivity contribution is 5.96. The van der Waals surface area contributed by atoms with Gasteiger partial charge >= 0.3 is 0 Å². The zero-order valence-electron chi connectivity index (χ0n) is 11.3. The van der Waals surface area contributed by atoms with E-state index in [-0.39, 0.29) is 18.6 Å². The zero-order chi connectivity index (χ0) is 14.1. The van der Waals surface area contributed by atoms with E-state index in [1.165, 1.54) is 0 Å². The van der Waals surface area contributed by atoms with Gasteiger partial charge in [0.15, 0.2) is 0 Å². The fourth-order valence-electron chi connectivity index (χ4n) is 1.65. The van der Waals surface area contributed by atoms with E-state index in [9.17, 15) is 4.79 Å². The minimum atomic E-state index is -0.225. The van der Waals surface area contributed by atoms with Gasteiger partial charge in [-0.1, -0.05) is 30.9 Å². The largest absolute Gasteiger partial charge is 0.384 e. The summed E-state index contributed by atoms with van der Waals surface area (Å²) in [5.41, 5.74) is 1.12. The lowest BCUT2D eigenvalue weighted by Gasteiger charge is -2.16. The highest BCUT2D eigenvalue weighted by Gasteiger charge is 2.14. The Morgan fingerprint density at radius 1 is 1.47 bits per heavy atom. The standard InChI is InChI=1S/C15H19NO3/c1-3-13(11-19-2)16-15(18)14-9-5-4-7-12(14)8-6-10-17/h4-5,7,9,13,17H,3,10-11H2,1-2H3,(H,16,18). The first-order valence-electron chi connectivity index (χ1n) is 6.21. The Morgan fingerprint density at radius 2 is 2.21 bits per heavy atom. The fourth-order valence-corrected chi connectivity index (χ4v) is 1.65. The molecular formula is C15H19NO3. The quantitative estimate of drug-likeness (QED) is 0.783. The van der Waals surface area contributed by atoms with Gasteiger partial charge in [-0.2, -0.15) is 0 Å². The van der Waals surface area contributed by atoms with Gasteiger partial charge in [-0.25, -0.2) is 0 Å². The number of aliphatic hydroxyl groups is 1. The molecule has 0 bridgehead atoms. The molecule has 0 aliphatic carbocycles. The monoisotopic (exact) mass is 261 g/mol. The number of carbonyl (C=O) groups is 1. The van der Waals surface area contributed by atoms with Crippen molar-refractivity contribution in [1.82, 2.24) is 5.32 Å². The molecule has 0 saturated heterocycles. The molecule has 1 unspecified atom stereocenters. The number of nitrogens with one attached hydrogen (secondary N) is 1. The third kappa shape index (κ3) is 4.74. The molecule has 1 rings (SSSR count). The molecule has 19 heavy (non-hydrogen) atoms. The minimum Gasteiger partial charge on any atom is -0.384 e. The van der Waals surface area contributed by atoms with Crippen LogP contribution in [0.5, 0.6) is 0 Å². The third-order valence-corrected chi connectivity index (χ3v) is 2.67. The molecule has 0 aromatic heterocycles. The summed E-state index contributed by atoms with van der Waals surface area (Å²) in [6, 6.07) is 7.06. The zero-order valence-corrected chi connectivity index (χ0v) is 11.3. The summed E-state index contributed by atoms with van der Waals surface area (Å²) in [5.74, 6) is 5.15. The van der Waals surface area contributed by atoms with Gasteiger partial charge in [-0.05, 0) is 18.6 Å². The smallest absolute Gasteiger partial charge is 0.252 e. The summed E-state index contributed by atoms with van der Waals surface area (Å²) in [4.78, 5) is 12.2. The first-order chi connectivity index (χ1) is 9.22. The maximum Gasteiger partial charge on any atom is 0.252 e. The average molecular weight is 261 g/mol. The first kappa shape index (κ1) is 15.2. The molecule has 1 aromatic rings. The number of amides is 1. The number of aliphatic hydroxyl groups excluding tert-OH is 1. The van der Waals surface area contributed by atoms with Gasteiger partial charge in [0.2, 0.25) is 0 Å². The maximum absolute atomic E-state index is 12.2. The van der Waals surface area contributed by atoms with E-state index >= 15 is 0 Å². The number of hydrogen-bond donors (Lipinski definition) is 2. The first-order valence-corrected chi connectivity index (χ1v) is 6.21. The van der Waals surface area contributed by atoms with Crippen LogP contribution in [-0.2, 0) is 4.74 Å². The third-order valence-electron chi connectivity index (χ3n) is 2.67. The molecule has 1 aromatic carbocycles. The molecule has 1 amide bonds. The molecule has 0 fully saturated rings. The number of methoxy groups -OCH3 is 1. The van der Waals surface area contributed by atoms with E-state index in [1.54, 1.807) is 25.3 Å². The summed E-state index contributed by atoms with van der Waals surface area (Å²) >= 11 is 0. The minimum absolute atomic E-state index is 0.0173. The molecule has 4 heteroatoms. The lowest BCUT2D eigenvalue weighted by atomic mass is 10.1. The van der Waals surface area contributed by atoms with Crippen LogP contribution < -0.4 is 5.32 Å². The second-order valence-electron chi connectivity index (χ2n) is 4.04. The van der Waals surface area contributed by atoms with Crippen molar-refractivity contribution in [1.29, 1.82) is 0 Å². The number of hydrogen-bond acceptors (Lipinski definition) is 3. The average Bonchev–Trinajstić information content (AvgIpc) is 2.44. The summed E-state index contributed by atoms with van der Waals surface area (Å²) < 4.78 is 5.05. The predicted molar refractivity (Wildman–Crippen MR) is 73.8 cm³/mol. The molecule has 102 valence electrons. The molecule has 1 atom stereocenters. The van der Waals surface area contributed by atoms with Crippen molar-refractivity contribution in [3.8, 4) is 11.8 Å². The summed E-state index contributed by atoms with van der Waals surface area (Å²) in [7, 11) is 1.61. The van der Waals surface area contributed by atoms with Crippen molar-refractivity contribution < 1.29 is 14.6 Å². The molecule has 0 saturated carbocycles. The summed E-state index contributed by atoms with van der Waals surface area (Å²) in [6.45, 7) is 2.24. The van der Waals surface area contributed by atoms with Crippen LogP contribution in [0, 0.1) is 11.8 Å². The molecular weight excluding hydrogens is 242 g/mol. The Bertz CT molecular complexity index is 474. The molecule has 0 aliphatic heterocycles. The van der Waals surface area contributed by atoms with Crippen molar-refractivity contribution in [2.75, 3.05) is 20.3 Å². The van der Waals surface area contributed by atoms with E-state index in [2.05, 4.69) is 17.2 Å². The van der Waals surface area contributed by atoms with E-state index in [0.29, 0.717) is 17.7 Å². The van der Waals surface area contributed by atoms with Crippen LogP contribution in [-0.4, -0.2) is 37.4 Å². The van der Waals surface area contributed by atoms with Crippen LogP contribution >= 0.6 is 0 Å². The van der Waals surface area contributed by atoms with Gasteiger partial charge in [-0.3, -0.25) is 4.79 Å². The SMILES string of the molecule is CCC(COC)NC(=O)c1ccccc1C#CCO. The van der Waals surface area contributed by atoms with Crippen molar-refractivity contribution >= 4 is 5.91 Å². The summed E-state index contributed by atoms with van der Waals surface area (Å²) in [5, 5.41) is 11.6.